The molecule has 4 aromatic rings. The van der Waals surface area contributed by atoms with E-state index in [0.717, 1.165) is 11.3 Å². The molecule has 162 valence electrons. The summed E-state index contributed by atoms with van der Waals surface area (Å²) in [5, 5.41) is 14.7. The lowest BCUT2D eigenvalue weighted by Crippen LogP contribution is -2.22. The van der Waals surface area contributed by atoms with Crippen LogP contribution in [0.15, 0.2) is 84.2 Å². The van der Waals surface area contributed by atoms with E-state index in [4.69, 9.17) is 16.6 Å². The molecule has 1 aromatic heterocycles. The lowest BCUT2D eigenvalue weighted by atomic mass is 9.90. The Morgan fingerprint density at radius 2 is 1.82 bits per heavy atom. The van der Waals surface area contributed by atoms with Gasteiger partial charge in [0.2, 0.25) is 5.91 Å². The number of carbonyl (C=O) groups excluding carboxylic acids is 1. The first-order valence-corrected chi connectivity index (χ1v) is 10.4. The summed E-state index contributed by atoms with van der Waals surface area (Å²) in [7, 11) is 0. The molecule has 0 aliphatic carbocycles. The van der Waals surface area contributed by atoms with E-state index in [1.54, 1.807) is 42.9 Å². The Kier molecular flexibility index (Phi) is 5.20. The number of non-ortho nitro benzene ring substituents is 1. The minimum Gasteiger partial charge on any atom is -0.345 e. The van der Waals surface area contributed by atoms with Gasteiger partial charge in [0.25, 0.3) is 5.69 Å². The Hall–Kier alpha value is -4.30. The van der Waals surface area contributed by atoms with Crippen molar-refractivity contribution in [1.29, 1.82) is 0 Å². The number of rotatable bonds is 5. The molecule has 2 N–H and O–H groups in total. The first-order valence-electron chi connectivity index (χ1n) is 10.0. The van der Waals surface area contributed by atoms with Gasteiger partial charge in [-0.25, -0.2) is 4.98 Å². The number of benzene rings is 3. The zero-order valence-electron chi connectivity index (χ0n) is 17.0. The molecule has 5 rings (SSSR count). The van der Waals surface area contributed by atoms with Gasteiger partial charge in [0, 0.05) is 28.4 Å². The molecule has 1 atom stereocenters. The maximum Gasteiger partial charge on any atom is 0.269 e. The van der Waals surface area contributed by atoms with Crippen LogP contribution in [-0.4, -0.2) is 26.5 Å². The molecular weight excluding hydrogens is 442 g/mol. The topological polar surface area (TPSA) is 113 Å². The molecule has 3 aromatic carbocycles. The Morgan fingerprint density at radius 3 is 2.48 bits per heavy atom. The van der Waals surface area contributed by atoms with E-state index in [1.165, 1.54) is 12.1 Å². The van der Waals surface area contributed by atoms with Gasteiger partial charge in [0.15, 0.2) is 0 Å². The summed E-state index contributed by atoms with van der Waals surface area (Å²) in [6.07, 6.45) is 3.33. The number of amides is 1. The van der Waals surface area contributed by atoms with Crippen molar-refractivity contribution in [3.05, 3.63) is 106 Å². The van der Waals surface area contributed by atoms with Crippen LogP contribution < -0.4 is 5.32 Å². The number of aromatic amines is 1. The summed E-state index contributed by atoms with van der Waals surface area (Å²) in [5.41, 5.74) is 4.57. The maximum absolute atomic E-state index is 13.0. The number of fused-ring (bicyclic) bond motifs is 1. The number of hydrogen-bond donors (Lipinski definition) is 2. The molecule has 1 unspecified atom stereocenters. The van der Waals surface area contributed by atoms with Crippen LogP contribution in [-0.2, 0) is 4.79 Å². The molecule has 1 amide bonds. The predicted molar refractivity (Wildman–Crippen MR) is 126 cm³/mol. The highest BCUT2D eigenvalue weighted by atomic mass is 35.5. The van der Waals surface area contributed by atoms with Gasteiger partial charge in [-0.3, -0.25) is 19.9 Å². The fraction of sp³-hybridized carbons (Fsp3) is 0.0417. The van der Waals surface area contributed by atoms with Crippen LogP contribution in [0.3, 0.4) is 0 Å². The van der Waals surface area contributed by atoms with E-state index in [2.05, 4.69) is 15.3 Å². The van der Waals surface area contributed by atoms with Crippen molar-refractivity contribution >= 4 is 40.3 Å². The van der Waals surface area contributed by atoms with Crippen LogP contribution in [0.25, 0.3) is 11.3 Å². The van der Waals surface area contributed by atoms with Crippen molar-refractivity contribution in [1.82, 2.24) is 9.97 Å². The lowest BCUT2D eigenvalue weighted by Gasteiger charge is -2.14. The van der Waals surface area contributed by atoms with Gasteiger partial charge in [-0.1, -0.05) is 35.9 Å². The second-order valence-corrected chi connectivity index (χ2v) is 7.90. The summed E-state index contributed by atoms with van der Waals surface area (Å²) < 4.78 is 0. The minimum atomic E-state index is -0.812. The summed E-state index contributed by atoms with van der Waals surface area (Å²) in [4.78, 5) is 35.7. The number of nitro groups is 1. The largest absolute Gasteiger partial charge is 0.345 e. The third-order valence-electron chi connectivity index (χ3n) is 5.42. The van der Waals surface area contributed by atoms with Crippen molar-refractivity contribution in [2.24, 2.45) is 4.99 Å². The van der Waals surface area contributed by atoms with Crippen molar-refractivity contribution in [3.63, 3.8) is 0 Å². The summed E-state index contributed by atoms with van der Waals surface area (Å²) in [6, 6.07) is 18.8. The molecule has 0 radical (unpaired) electrons. The maximum atomic E-state index is 13.0. The number of carbonyl (C=O) groups is 1. The average Bonchev–Trinajstić information content (AvgIpc) is 3.46. The number of aliphatic imine (C=N–C) groups is 1. The molecule has 0 saturated heterocycles. The number of aromatic nitrogens is 2. The number of nitrogens with zero attached hydrogens (tertiary/aromatic N) is 3. The van der Waals surface area contributed by atoms with Crippen molar-refractivity contribution in [2.45, 2.75) is 5.92 Å². The van der Waals surface area contributed by atoms with E-state index in [9.17, 15) is 14.9 Å². The Bertz CT molecular complexity index is 1380. The SMILES string of the molecule is O=C1Nc2ccc([N+](=O)[O-])cc2C1C(=Nc1ccc(-c2cnc[nH]2)cc1)c1ccc(Cl)cc1. The van der Waals surface area contributed by atoms with Crippen molar-refractivity contribution in [3.8, 4) is 11.3 Å². The van der Waals surface area contributed by atoms with E-state index in [0.29, 0.717) is 33.2 Å². The van der Waals surface area contributed by atoms with Crippen LogP contribution in [0.5, 0.6) is 0 Å². The molecule has 9 heteroatoms. The average molecular weight is 458 g/mol. The molecule has 2 heterocycles. The number of nitro benzene ring substituents is 1. The number of imidazole rings is 1. The van der Waals surface area contributed by atoms with Crippen LogP contribution in [0, 0.1) is 10.1 Å². The van der Waals surface area contributed by atoms with Crippen LogP contribution in [0.2, 0.25) is 5.02 Å². The Morgan fingerprint density at radius 1 is 1.06 bits per heavy atom. The first-order chi connectivity index (χ1) is 16.0. The highest BCUT2D eigenvalue weighted by Crippen LogP contribution is 2.38. The minimum absolute atomic E-state index is 0.0883. The molecule has 0 saturated carbocycles. The molecule has 1 aliphatic rings. The van der Waals surface area contributed by atoms with Gasteiger partial charge in [-0.2, -0.15) is 0 Å². The zero-order chi connectivity index (χ0) is 22.9. The number of halogens is 1. The number of H-pyrrole nitrogens is 1. The van der Waals surface area contributed by atoms with Crippen LogP contribution >= 0.6 is 11.6 Å². The highest BCUT2D eigenvalue weighted by molar-refractivity contribution is 6.31. The second-order valence-electron chi connectivity index (χ2n) is 7.47. The Labute approximate surface area is 193 Å². The summed E-state index contributed by atoms with van der Waals surface area (Å²) >= 11 is 6.07. The van der Waals surface area contributed by atoms with Crippen LogP contribution in [0.1, 0.15) is 17.0 Å². The normalized spacial score (nSPS) is 15.2. The van der Waals surface area contributed by atoms with E-state index in [1.807, 2.05) is 24.3 Å². The third kappa shape index (κ3) is 3.99. The molecular formula is C24H16ClN5O3. The highest BCUT2D eigenvalue weighted by Gasteiger charge is 2.36. The van der Waals surface area contributed by atoms with Gasteiger partial charge < -0.3 is 10.3 Å². The van der Waals surface area contributed by atoms with Crippen molar-refractivity contribution in [2.75, 3.05) is 5.32 Å². The van der Waals surface area contributed by atoms with Gasteiger partial charge in [0.05, 0.1) is 34.5 Å². The smallest absolute Gasteiger partial charge is 0.269 e. The Balaban J connectivity index is 1.62. The van der Waals surface area contributed by atoms with Gasteiger partial charge in [0.1, 0.15) is 5.92 Å². The standard InChI is InChI=1S/C24H16ClN5O3/c25-16-5-1-15(2-6-16)23(28-17-7-3-14(4-8-17)21-12-26-13-27-21)22-19-11-18(30(32)33)9-10-20(19)29-24(22)31/h1-13,22H,(H,26,27)(H,29,31). The molecule has 0 spiro atoms. The molecule has 1 aliphatic heterocycles. The van der Waals surface area contributed by atoms with Crippen LogP contribution in [0.4, 0.5) is 17.1 Å². The molecule has 0 fully saturated rings. The van der Waals surface area contributed by atoms with E-state index >= 15 is 0 Å². The second kappa shape index (κ2) is 8.33. The number of nitrogens with one attached hydrogen (secondary N) is 2. The molecule has 33 heavy (non-hydrogen) atoms. The fourth-order valence-corrected chi connectivity index (χ4v) is 3.94. The first kappa shape index (κ1) is 20.6. The monoisotopic (exact) mass is 457 g/mol. The van der Waals surface area contributed by atoms with Crippen molar-refractivity contribution < 1.29 is 9.72 Å². The number of hydrogen-bond acceptors (Lipinski definition) is 5. The fourth-order valence-electron chi connectivity index (χ4n) is 3.82. The summed E-state index contributed by atoms with van der Waals surface area (Å²) in [6.45, 7) is 0. The molecule has 8 nitrogen and oxygen atoms in total. The number of anilines is 1. The third-order valence-corrected chi connectivity index (χ3v) is 5.67. The zero-order valence-corrected chi connectivity index (χ0v) is 17.8. The lowest BCUT2D eigenvalue weighted by molar-refractivity contribution is -0.384. The van der Waals surface area contributed by atoms with Gasteiger partial charge in [-0.05, 0) is 41.5 Å². The molecule has 0 bridgehead atoms. The van der Waals surface area contributed by atoms with Gasteiger partial charge in [-0.15, -0.1) is 0 Å². The van der Waals surface area contributed by atoms with E-state index < -0.39 is 10.8 Å². The predicted octanol–water partition coefficient (Wildman–Crippen LogP) is 5.50. The van der Waals surface area contributed by atoms with Gasteiger partial charge >= 0.3 is 0 Å². The quantitative estimate of drug-likeness (QED) is 0.234. The summed E-state index contributed by atoms with van der Waals surface area (Å²) in [5.74, 6) is -1.11. The van der Waals surface area contributed by atoms with E-state index in [-0.39, 0.29) is 11.6 Å².